The van der Waals surface area contributed by atoms with E-state index in [2.05, 4.69) is 0 Å². The van der Waals surface area contributed by atoms with Crippen LogP contribution in [0.5, 0.6) is 11.5 Å². The van der Waals surface area contributed by atoms with E-state index >= 15 is 0 Å². The Bertz CT molecular complexity index is 539. The highest BCUT2D eigenvalue weighted by Gasteiger charge is 2.07. The maximum absolute atomic E-state index is 9.48. The lowest BCUT2D eigenvalue weighted by molar-refractivity contribution is 0.474. The van der Waals surface area contributed by atoms with Gasteiger partial charge >= 0.3 is 0 Å². The molecule has 0 saturated heterocycles. The number of phenolic OH excluding ortho intramolecular Hbond substituents is 2. The molecule has 2 N–H and O–H groups in total. The molecule has 0 bridgehead atoms. The summed E-state index contributed by atoms with van der Waals surface area (Å²) in [5, 5.41) is 19.6. The highest BCUT2D eigenvalue weighted by atomic mass is 35.5. The fourth-order valence-corrected chi connectivity index (χ4v) is 1.76. The highest BCUT2D eigenvalue weighted by Crippen LogP contribution is 2.34. The molecule has 0 aliphatic carbocycles. The summed E-state index contributed by atoms with van der Waals surface area (Å²) in [5.41, 5.74) is 1.34. The maximum atomic E-state index is 9.48. The van der Waals surface area contributed by atoms with Gasteiger partial charge in [-0.3, -0.25) is 0 Å². The van der Waals surface area contributed by atoms with E-state index in [0.29, 0.717) is 16.1 Å². The molecule has 0 heterocycles. The Morgan fingerprint density at radius 2 is 1.50 bits per heavy atom. The van der Waals surface area contributed by atoms with E-state index in [9.17, 15) is 10.2 Å². The Morgan fingerprint density at radius 3 is 2.19 bits per heavy atom. The van der Waals surface area contributed by atoms with E-state index in [1.54, 1.807) is 18.2 Å². The van der Waals surface area contributed by atoms with E-state index < -0.39 is 0 Å². The largest absolute Gasteiger partial charge is 0.508 e. The molecule has 2 aromatic carbocycles. The van der Waals surface area contributed by atoms with Gasteiger partial charge in [0.25, 0.3) is 0 Å². The van der Waals surface area contributed by atoms with Gasteiger partial charge in [0.05, 0.1) is 5.02 Å². The number of aromatic hydroxyl groups is 2. The Hall–Kier alpha value is -1.38. The number of halogens is 2. The molecule has 0 saturated carbocycles. The molecule has 16 heavy (non-hydrogen) atoms. The van der Waals surface area contributed by atoms with Crippen LogP contribution < -0.4 is 0 Å². The van der Waals surface area contributed by atoms with Crippen LogP contribution in [0.15, 0.2) is 36.4 Å². The van der Waals surface area contributed by atoms with E-state index in [1.165, 1.54) is 18.2 Å². The smallest absolute Gasteiger partial charge is 0.134 e. The van der Waals surface area contributed by atoms with Gasteiger partial charge in [0.15, 0.2) is 0 Å². The third kappa shape index (κ3) is 2.08. The van der Waals surface area contributed by atoms with Gasteiger partial charge in [0.2, 0.25) is 0 Å². The van der Waals surface area contributed by atoms with Crippen molar-refractivity contribution >= 4 is 23.2 Å². The molecule has 2 nitrogen and oxygen atoms in total. The van der Waals surface area contributed by atoms with Crippen LogP contribution in [0.25, 0.3) is 11.1 Å². The first-order valence-electron chi connectivity index (χ1n) is 4.55. The van der Waals surface area contributed by atoms with Gasteiger partial charge in [-0.15, -0.1) is 0 Å². The zero-order valence-electron chi connectivity index (χ0n) is 8.11. The third-order valence-electron chi connectivity index (χ3n) is 2.21. The molecular formula is C12H8Cl2O2. The zero-order chi connectivity index (χ0) is 11.7. The Labute approximate surface area is 103 Å². The Morgan fingerprint density at radius 1 is 0.812 bits per heavy atom. The highest BCUT2D eigenvalue weighted by molar-refractivity contribution is 6.33. The first kappa shape index (κ1) is 11.1. The molecule has 0 unspecified atom stereocenters. The van der Waals surface area contributed by atoms with Gasteiger partial charge in [-0.1, -0.05) is 29.3 Å². The van der Waals surface area contributed by atoms with Crippen molar-refractivity contribution in [2.24, 2.45) is 0 Å². The second-order valence-corrected chi connectivity index (χ2v) is 4.14. The lowest BCUT2D eigenvalue weighted by Gasteiger charge is -2.06. The average molecular weight is 255 g/mol. The topological polar surface area (TPSA) is 40.5 Å². The van der Waals surface area contributed by atoms with Crippen molar-refractivity contribution in [1.82, 2.24) is 0 Å². The van der Waals surface area contributed by atoms with Crippen molar-refractivity contribution in [1.29, 1.82) is 0 Å². The average Bonchev–Trinajstić information content (AvgIpc) is 2.26. The molecule has 0 atom stereocenters. The van der Waals surface area contributed by atoms with Crippen molar-refractivity contribution < 1.29 is 10.2 Å². The quantitative estimate of drug-likeness (QED) is 0.806. The van der Waals surface area contributed by atoms with Crippen molar-refractivity contribution in [3.05, 3.63) is 46.4 Å². The van der Waals surface area contributed by atoms with Gasteiger partial charge in [-0.2, -0.15) is 0 Å². The van der Waals surface area contributed by atoms with E-state index in [0.717, 1.165) is 0 Å². The standard InChI is InChI=1S/C12H8Cl2O2/c13-10-4-2-8(15)6-9(10)7-1-3-11(14)12(16)5-7/h1-6,15-16H. The number of benzene rings is 2. The van der Waals surface area contributed by atoms with Crippen LogP contribution in [0.2, 0.25) is 10.0 Å². The first-order valence-corrected chi connectivity index (χ1v) is 5.31. The summed E-state index contributed by atoms with van der Waals surface area (Å²) < 4.78 is 0. The fraction of sp³-hybridized carbons (Fsp3) is 0. The lowest BCUT2D eigenvalue weighted by atomic mass is 10.1. The fourth-order valence-electron chi connectivity index (χ4n) is 1.41. The summed E-state index contributed by atoms with van der Waals surface area (Å²) in [7, 11) is 0. The predicted molar refractivity (Wildman–Crippen MR) is 65.2 cm³/mol. The molecule has 82 valence electrons. The Kier molecular flexibility index (Phi) is 2.95. The molecule has 2 aromatic rings. The number of phenols is 2. The third-order valence-corrected chi connectivity index (χ3v) is 2.86. The molecule has 0 fully saturated rings. The summed E-state index contributed by atoms with van der Waals surface area (Å²) in [6.45, 7) is 0. The SMILES string of the molecule is Oc1ccc(Cl)c(-c2ccc(Cl)c(O)c2)c1. The molecule has 0 amide bonds. The molecule has 0 aliphatic heterocycles. The molecular weight excluding hydrogens is 247 g/mol. The van der Waals surface area contributed by atoms with Crippen molar-refractivity contribution in [2.75, 3.05) is 0 Å². The minimum absolute atomic E-state index is 0.0152. The van der Waals surface area contributed by atoms with Crippen molar-refractivity contribution in [3.63, 3.8) is 0 Å². The van der Waals surface area contributed by atoms with Crippen LogP contribution in [0, 0.1) is 0 Å². The minimum atomic E-state index is -0.0152. The van der Waals surface area contributed by atoms with E-state index in [4.69, 9.17) is 23.2 Å². The van der Waals surface area contributed by atoms with E-state index in [1.807, 2.05) is 0 Å². The van der Waals surface area contributed by atoms with Crippen LogP contribution in [-0.2, 0) is 0 Å². The molecule has 0 radical (unpaired) electrons. The molecule has 0 aliphatic rings. The van der Waals surface area contributed by atoms with Crippen LogP contribution in [0.3, 0.4) is 0 Å². The second-order valence-electron chi connectivity index (χ2n) is 3.33. The molecule has 0 spiro atoms. The summed E-state index contributed by atoms with van der Waals surface area (Å²) >= 11 is 11.7. The monoisotopic (exact) mass is 254 g/mol. The van der Waals surface area contributed by atoms with Crippen LogP contribution in [-0.4, -0.2) is 10.2 Å². The minimum Gasteiger partial charge on any atom is -0.508 e. The molecule has 2 rings (SSSR count). The first-order chi connectivity index (χ1) is 7.58. The normalized spacial score (nSPS) is 10.4. The van der Waals surface area contributed by atoms with Gasteiger partial charge in [0, 0.05) is 10.6 Å². The van der Waals surface area contributed by atoms with Gasteiger partial charge in [0.1, 0.15) is 11.5 Å². The number of rotatable bonds is 1. The van der Waals surface area contributed by atoms with Crippen molar-refractivity contribution in [2.45, 2.75) is 0 Å². The lowest BCUT2D eigenvalue weighted by Crippen LogP contribution is -1.80. The van der Waals surface area contributed by atoms with E-state index in [-0.39, 0.29) is 16.5 Å². The van der Waals surface area contributed by atoms with Crippen LogP contribution >= 0.6 is 23.2 Å². The second kappa shape index (κ2) is 4.24. The van der Waals surface area contributed by atoms with Gasteiger partial charge < -0.3 is 10.2 Å². The van der Waals surface area contributed by atoms with Gasteiger partial charge in [-0.25, -0.2) is 0 Å². The number of hydrogen-bond donors (Lipinski definition) is 2. The summed E-state index contributed by atoms with van der Waals surface area (Å²) in [6.07, 6.45) is 0. The Balaban J connectivity index is 2.58. The molecule has 4 heteroatoms. The summed E-state index contributed by atoms with van der Waals surface area (Å²) in [6, 6.07) is 9.43. The number of hydrogen-bond acceptors (Lipinski definition) is 2. The predicted octanol–water partition coefficient (Wildman–Crippen LogP) is 4.07. The summed E-state index contributed by atoms with van der Waals surface area (Å²) in [5.74, 6) is 0.104. The molecule has 0 aromatic heterocycles. The maximum Gasteiger partial charge on any atom is 0.134 e. The van der Waals surface area contributed by atoms with Crippen LogP contribution in [0.4, 0.5) is 0 Å². The van der Waals surface area contributed by atoms with Crippen molar-refractivity contribution in [3.8, 4) is 22.6 Å². The summed E-state index contributed by atoms with van der Waals surface area (Å²) in [4.78, 5) is 0. The zero-order valence-corrected chi connectivity index (χ0v) is 9.63. The van der Waals surface area contributed by atoms with Crippen LogP contribution in [0.1, 0.15) is 0 Å². The van der Waals surface area contributed by atoms with Gasteiger partial charge in [-0.05, 0) is 35.9 Å².